The zero-order chi connectivity index (χ0) is 15.8. The summed E-state index contributed by atoms with van der Waals surface area (Å²) in [5.41, 5.74) is 0.881. The molecular formula is C16H19NO5. The number of rotatable bonds is 6. The number of carbonyl (C=O) groups excluding carboxylic acids is 3. The highest BCUT2D eigenvalue weighted by Gasteiger charge is 2.23. The Balaban J connectivity index is 1.69. The quantitative estimate of drug-likeness (QED) is 0.577. The molecule has 0 aliphatic carbocycles. The number of benzene rings is 1. The van der Waals surface area contributed by atoms with Crippen LogP contribution in [0.25, 0.3) is 0 Å². The van der Waals surface area contributed by atoms with E-state index in [4.69, 9.17) is 9.47 Å². The van der Waals surface area contributed by atoms with Gasteiger partial charge in [0.2, 0.25) is 5.78 Å². The molecule has 2 rings (SSSR count). The second-order valence-corrected chi connectivity index (χ2v) is 4.97. The SMILES string of the molecule is O=C(CCC(=O)C(=O)N1CCOCC1)OCc1ccccc1. The fourth-order valence-electron chi connectivity index (χ4n) is 2.08. The molecule has 0 saturated carbocycles. The first-order valence-corrected chi connectivity index (χ1v) is 7.26. The topological polar surface area (TPSA) is 72.9 Å². The smallest absolute Gasteiger partial charge is 0.306 e. The molecule has 1 aliphatic heterocycles. The van der Waals surface area contributed by atoms with Crippen molar-refractivity contribution in [1.29, 1.82) is 0 Å². The molecule has 1 heterocycles. The number of hydrogen-bond acceptors (Lipinski definition) is 5. The molecule has 6 nitrogen and oxygen atoms in total. The molecule has 0 N–H and O–H groups in total. The Hall–Kier alpha value is -2.21. The van der Waals surface area contributed by atoms with E-state index in [2.05, 4.69) is 0 Å². The second-order valence-electron chi connectivity index (χ2n) is 4.97. The standard InChI is InChI=1S/C16H19NO5/c18-14(16(20)17-8-10-21-11-9-17)6-7-15(19)22-12-13-4-2-1-3-5-13/h1-5H,6-12H2. The Bertz CT molecular complexity index is 523. The minimum Gasteiger partial charge on any atom is -0.461 e. The molecule has 1 aliphatic rings. The molecule has 6 heteroatoms. The molecule has 22 heavy (non-hydrogen) atoms. The van der Waals surface area contributed by atoms with Crippen LogP contribution in [-0.2, 0) is 30.5 Å². The van der Waals surface area contributed by atoms with Crippen molar-refractivity contribution in [2.75, 3.05) is 26.3 Å². The molecule has 0 aromatic heterocycles. The number of ketones is 1. The van der Waals surface area contributed by atoms with Gasteiger partial charge in [0.1, 0.15) is 6.61 Å². The molecule has 0 bridgehead atoms. The maximum Gasteiger partial charge on any atom is 0.306 e. The van der Waals surface area contributed by atoms with Gasteiger partial charge in [-0.1, -0.05) is 30.3 Å². The first-order chi connectivity index (χ1) is 10.7. The Morgan fingerprint density at radius 2 is 1.73 bits per heavy atom. The fraction of sp³-hybridized carbons (Fsp3) is 0.438. The number of ether oxygens (including phenoxy) is 2. The van der Waals surface area contributed by atoms with Gasteiger partial charge in [0.25, 0.3) is 5.91 Å². The van der Waals surface area contributed by atoms with Crippen LogP contribution in [0.1, 0.15) is 18.4 Å². The number of Topliss-reactive ketones (excluding diaryl/α,β-unsaturated/α-hetero) is 1. The Labute approximate surface area is 129 Å². The van der Waals surface area contributed by atoms with E-state index >= 15 is 0 Å². The summed E-state index contributed by atoms with van der Waals surface area (Å²) in [5.74, 6) is -1.58. The van der Waals surface area contributed by atoms with Crippen molar-refractivity contribution in [1.82, 2.24) is 4.90 Å². The van der Waals surface area contributed by atoms with E-state index in [1.165, 1.54) is 4.90 Å². The summed E-state index contributed by atoms with van der Waals surface area (Å²) in [5, 5.41) is 0. The minimum atomic E-state index is -0.557. The van der Waals surface area contributed by atoms with Gasteiger partial charge >= 0.3 is 5.97 Å². The summed E-state index contributed by atoms with van der Waals surface area (Å²) in [6.45, 7) is 1.90. The maximum atomic E-state index is 11.9. The summed E-state index contributed by atoms with van der Waals surface area (Å²) >= 11 is 0. The first kappa shape index (κ1) is 16.2. The van der Waals surface area contributed by atoms with E-state index in [-0.39, 0.29) is 19.4 Å². The van der Waals surface area contributed by atoms with Gasteiger partial charge in [0, 0.05) is 19.5 Å². The van der Waals surface area contributed by atoms with Crippen LogP contribution >= 0.6 is 0 Å². The molecule has 0 atom stereocenters. The zero-order valence-electron chi connectivity index (χ0n) is 12.3. The molecule has 118 valence electrons. The lowest BCUT2D eigenvalue weighted by Crippen LogP contribution is -2.44. The lowest BCUT2D eigenvalue weighted by atomic mass is 10.2. The number of esters is 1. The van der Waals surface area contributed by atoms with Crippen molar-refractivity contribution >= 4 is 17.7 Å². The van der Waals surface area contributed by atoms with Gasteiger partial charge in [-0.25, -0.2) is 0 Å². The van der Waals surface area contributed by atoms with Gasteiger partial charge in [-0.15, -0.1) is 0 Å². The largest absolute Gasteiger partial charge is 0.461 e. The molecule has 0 spiro atoms. The van der Waals surface area contributed by atoms with Crippen LogP contribution in [0.15, 0.2) is 30.3 Å². The highest BCUT2D eigenvalue weighted by atomic mass is 16.5. The minimum absolute atomic E-state index is 0.0816. The van der Waals surface area contributed by atoms with Gasteiger partial charge in [-0.3, -0.25) is 14.4 Å². The van der Waals surface area contributed by atoms with Crippen LogP contribution in [-0.4, -0.2) is 48.9 Å². The Kier molecular flexibility index (Phi) is 6.09. The van der Waals surface area contributed by atoms with Crippen molar-refractivity contribution in [2.24, 2.45) is 0 Å². The summed E-state index contributed by atoms with van der Waals surface area (Å²) in [6.07, 6.45) is -0.203. The lowest BCUT2D eigenvalue weighted by Gasteiger charge is -2.26. The number of morpholine rings is 1. The Morgan fingerprint density at radius 1 is 1.05 bits per heavy atom. The van der Waals surface area contributed by atoms with Gasteiger partial charge in [0.05, 0.1) is 19.6 Å². The van der Waals surface area contributed by atoms with E-state index in [9.17, 15) is 14.4 Å². The molecule has 1 aromatic rings. The van der Waals surface area contributed by atoms with Crippen LogP contribution in [0, 0.1) is 0 Å². The van der Waals surface area contributed by atoms with Crippen molar-refractivity contribution in [3.05, 3.63) is 35.9 Å². The number of carbonyl (C=O) groups is 3. The number of hydrogen-bond donors (Lipinski definition) is 0. The summed E-state index contributed by atoms with van der Waals surface area (Å²) in [6, 6.07) is 9.28. The number of nitrogens with zero attached hydrogens (tertiary/aromatic N) is 1. The van der Waals surface area contributed by atoms with E-state index in [0.717, 1.165) is 5.56 Å². The number of amides is 1. The lowest BCUT2D eigenvalue weighted by molar-refractivity contribution is -0.150. The highest BCUT2D eigenvalue weighted by Crippen LogP contribution is 2.05. The van der Waals surface area contributed by atoms with Crippen LogP contribution in [0.5, 0.6) is 0 Å². The predicted molar refractivity (Wildman–Crippen MR) is 77.9 cm³/mol. The van der Waals surface area contributed by atoms with Gasteiger partial charge < -0.3 is 14.4 Å². The average Bonchev–Trinajstić information content (AvgIpc) is 2.58. The average molecular weight is 305 g/mol. The predicted octanol–water partition coefficient (Wildman–Crippen LogP) is 0.938. The van der Waals surface area contributed by atoms with Gasteiger partial charge in [-0.2, -0.15) is 0 Å². The normalized spacial score (nSPS) is 14.5. The molecule has 1 amide bonds. The van der Waals surface area contributed by atoms with Crippen LogP contribution in [0.3, 0.4) is 0 Å². The summed E-state index contributed by atoms with van der Waals surface area (Å²) < 4.78 is 10.2. The molecule has 1 saturated heterocycles. The molecule has 0 unspecified atom stereocenters. The summed E-state index contributed by atoms with van der Waals surface area (Å²) in [7, 11) is 0. The van der Waals surface area contributed by atoms with Crippen molar-refractivity contribution in [3.63, 3.8) is 0 Å². The van der Waals surface area contributed by atoms with E-state index in [1.54, 1.807) is 0 Å². The van der Waals surface area contributed by atoms with Crippen LogP contribution < -0.4 is 0 Å². The first-order valence-electron chi connectivity index (χ1n) is 7.26. The van der Waals surface area contributed by atoms with Crippen LogP contribution in [0.4, 0.5) is 0 Å². The third-order valence-electron chi connectivity index (χ3n) is 3.34. The fourth-order valence-corrected chi connectivity index (χ4v) is 2.08. The van der Waals surface area contributed by atoms with E-state index in [0.29, 0.717) is 26.3 Å². The van der Waals surface area contributed by atoms with Crippen molar-refractivity contribution in [2.45, 2.75) is 19.4 Å². The monoisotopic (exact) mass is 305 g/mol. The molecule has 1 aromatic carbocycles. The second kappa shape index (κ2) is 8.29. The Morgan fingerprint density at radius 3 is 2.41 bits per heavy atom. The van der Waals surface area contributed by atoms with E-state index in [1.807, 2.05) is 30.3 Å². The summed E-state index contributed by atoms with van der Waals surface area (Å²) in [4.78, 5) is 36.7. The molecular weight excluding hydrogens is 286 g/mol. The molecule has 0 radical (unpaired) electrons. The third kappa shape index (κ3) is 4.96. The third-order valence-corrected chi connectivity index (χ3v) is 3.34. The molecule has 1 fully saturated rings. The van der Waals surface area contributed by atoms with Crippen LogP contribution in [0.2, 0.25) is 0 Å². The van der Waals surface area contributed by atoms with E-state index < -0.39 is 17.7 Å². The highest BCUT2D eigenvalue weighted by molar-refractivity contribution is 6.36. The van der Waals surface area contributed by atoms with Gasteiger partial charge in [-0.05, 0) is 5.56 Å². The maximum absolute atomic E-state index is 11.9. The van der Waals surface area contributed by atoms with Crippen molar-refractivity contribution < 1.29 is 23.9 Å². The zero-order valence-corrected chi connectivity index (χ0v) is 12.3. The van der Waals surface area contributed by atoms with Gasteiger partial charge in [0.15, 0.2) is 0 Å². The van der Waals surface area contributed by atoms with Crippen molar-refractivity contribution in [3.8, 4) is 0 Å².